The van der Waals surface area contributed by atoms with Crippen LogP contribution in [-0.2, 0) is 0 Å². The SMILES string of the molecule is CN(C(=O)c1cc2n(n1)[C@H](C(F)(F)F)C[C@@H](c1cccs1)N2)C1CCCCC1. The van der Waals surface area contributed by atoms with E-state index in [1.165, 1.54) is 23.8 Å². The van der Waals surface area contributed by atoms with Crippen molar-refractivity contribution in [2.75, 3.05) is 12.4 Å². The standard InChI is InChI=1S/C19H23F3N4OS/c1-25(12-6-3-2-4-7-12)18(27)14-11-17-23-13(15-8-5-9-28-15)10-16(19(20,21)22)26(17)24-14/h5,8-9,11-13,16,23H,2-4,6-7,10H2,1H3/t13-,16-/m0/s1. The third-order valence-electron chi connectivity index (χ3n) is 5.74. The molecule has 1 N–H and O–H groups in total. The van der Waals surface area contributed by atoms with Gasteiger partial charge in [0, 0.05) is 30.5 Å². The molecule has 152 valence electrons. The van der Waals surface area contributed by atoms with Crippen LogP contribution in [0.3, 0.4) is 0 Å². The quantitative estimate of drug-likeness (QED) is 0.771. The van der Waals surface area contributed by atoms with Crippen molar-refractivity contribution in [3.8, 4) is 0 Å². The molecule has 4 rings (SSSR count). The number of hydrogen-bond acceptors (Lipinski definition) is 4. The molecule has 0 aromatic carbocycles. The van der Waals surface area contributed by atoms with Crippen molar-refractivity contribution in [3.05, 3.63) is 34.2 Å². The minimum Gasteiger partial charge on any atom is -0.363 e. The second-order valence-corrected chi connectivity index (χ2v) is 8.55. The monoisotopic (exact) mass is 412 g/mol. The molecule has 0 spiro atoms. The van der Waals surface area contributed by atoms with Gasteiger partial charge in [0.15, 0.2) is 11.7 Å². The van der Waals surface area contributed by atoms with E-state index >= 15 is 0 Å². The van der Waals surface area contributed by atoms with Crippen molar-refractivity contribution in [2.45, 2.75) is 62.8 Å². The van der Waals surface area contributed by atoms with E-state index in [9.17, 15) is 18.0 Å². The summed E-state index contributed by atoms with van der Waals surface area (Å²) in [5.74, 6) is -0.0726. The lowest BCUT2D eigenvalue weighted by Gasteiger charge is -2.32. The lowest BCUT2D eigenvalue weighted by Crippen LogP contribution is -2.38. The Morgan fingerprint density at radius 2 is 2.07 bits per heavy atom. The minimum absolute atomic E-state index is 0.0663. The Bertz CT molecular complexity index is 827. The van der Waals surface area contributed by atoms with Gasteiger partial charge in [0.1, 0.15) is 5.82 Å². The largest absolute Gasteiger partial charge is 0.410 e. The number of carbonyl (C=O) groups excluding carboxylic acids is 1. The first kappa shape index (κ1) is 19.3. The summed E-state index contributed by atoms with van der Waals surface area (Å²) in [6, 6.07) is 3.03. The molecular formula is C19H23F3N4OS. The van der Waals surface area contributed by atoms with E-state index in [0.29, 0.717) is 0 Å². The van der Waals surface area contributed by atoms with Gasteiger partial charge in [-0.05, 0) is 24.3 Å². The second kappa shape index (κ2) is 7.42. The lowest BCUT2D eigenvalue weighted by molar-refractivity contribution is -0.173. The van der Waals surface area contributed by atoms with Crippen molar-refractivity contribution >= 4 is 23.1 Å². The van der Waals surface area contributed by atoms with Crippen molar-refractivity contribution in [2.24, 2.45) is 0 Å². The molecule has 0 radical (unpaired) electrons. The van der Waals surface area contributed by atoms with Crippen LogP contribution in [0.2, 0.25) is 0 Å². The molecule has 2 aliphatic rings. The van der Waals surface area contributed by atoms with Gasteiger partial charge in [-0.2, -0.15) is 18.3 Å². The fourth-order valence-electron chi connectivity index (χ4n) is 4.17. The predicted octanol–water partition coefficient (Wildman–Crippen LogP) is 5.01. The average Bonchev–Trinajstić information content (AvgIpc) is 3.35. The summed E-state index contributed by atoms with van der Waals surface area (Å²) < 4.78 is 42.1. The van der Waals surface area contributed by atoms with E-state index in [2.05, 4.69) is 10.4 Å². The summed E-state index contributed by atoms with van der Waals surface area (Å²) in [4.78, 5) is 15.4. The van der Waals surface area contributed by atoms with Gasteiger partial charge in [0.25, 0.3) is 5.91 Å². The van der Waals surface area contributed by atoms with Crippen molar-refractivity contribution in [1.29, 1.82) is 0 Å². The van der Waals surface area contributed by atoms with Gasteiger partial charge in [-0.3, -0.25) is 4.79 Å². The van der Waals surface area contributed by atoms with Crippen LogP contribution in [-0.4, -0.2) is 39.9 Å². The Morgan fingerprint density at radius 1 is 1.32 bits per heavy atom. The van der Waals surface area contributed by atoms with Gasteiger partial charge < -0.3 is 10.2 Å². The number of aromatic nitrogens is 2. The number of halogens is 3. The van der Waals surface area contributed by atoms with Gasteiger partial charge in [0.2, 0.25) is 0 Å². The number of alkyl halides is 3. The second-order valence-electron chi connectivity index (χ2n) is 7.57. The Balaban J connectivity index is 1.62. The summed E-state index contributed by atoms with van der Waals surface area (Å²) in [6.45, 7) is 0. The zero-order chi connectivity index (χ0) is 19.9. The third-order valence-corrected chi connectivity index (χ3v) is 6.72. The fraction of sp³-hybridized carbons (Fsp3) is 0.579. The van der Waals surface area contributed by atoms with Crippen LogP contribution >= 0.6 is 11.3 Å². The molecule has 0 bridgehead atoms. The van der Waals surface area contributed by atoms with Crippen LogP contribution in [0.25, 0.3) is 0 Å². The summed E-state index contributed by atoms with van der Waals surface area (Å²) in [5.41, 5.74) is 0.0663. The van der Waals surface area contributed by atoms with Gasteiger partial charge in [-0.1, -0.05) is 25.3 Å². The maximum Gasteiger partial charge on any atom is 0.410 e. The highest BCUT2D eigenvalue weighted by atomic mass is 32.1. The number of nitrogens with zero attached hydrogens (tertiary/aromatic N) is 3. The van der Waals surface area contributed by atoms with Crippen LogP contribution in [0.5, 0.6) is 0 Å². The maximum atomic E-state index is 13.7. The third kappa shape index (κ3) is 3.64. The molecule has 28 heavy (non-hydrogen) atoms. The van der Waals surface area contributed by atoms with E-state index in [1.807, 2.05) is 17.5 Å². The summed E-state index contributed by atoms with van der Waals surface area (Å²) in [7, 11) is 1.72. The van der Waals surface area contributed by atoms with E-state index in [1.54, 1.807) is 11.9 Å². The summed E-state index contributed by atoms with van der Waals surface area (Å²) in [5, 5.41) is 9.06. The number of fused-ring (bicyclic) bond motifs is 1. The first-order valence-electron chi connectivity index (χ1n) is 9.58. The fourth-order valence-corrected chi connectivity index (χ4v) is 4.96. The Labute approximate surface area is 165 Å². The molecule has 1 fully saturated rings. The van der Waals surface area contributed by atoms with Gasteiger partial charge in [-0.25, -0.2) is 4.68 Å². The zero-order valence-electron chi connectivity index (χ0n) is 15.6. The molecule has 3 heterocycles. The molecule has 2 atom stereocenters. The van der Waals surface area contributed by atoms with E-state index < -0.39 is 18.3 Å². The molecule has 2 aromatic rings. The van der Waals surface area contributed by atoms with E-state index in [-0.39, 0.29) is 29.9 Å². The van der Waals surface area contributed by atoms with Gasteiger partial charge in [0.05, 0.1) is 6.04 Å². The number of nitrogens with one attached hydrogen (secondary N) is 1. The normalized spacial score (nSPS) is 23.1. The van der Waals surface area contributed by atoms with Crippen molar-refractivity contribution < 1.29 is 18.0 Å². The number of carbonyl (C=O) groups is 1. The van der Waals surface area contributed by atoms with Crippen LogP contribution in [0.4, 0.5) is 19.0 Å². The van der Waals surface area contributed by atoms with Gasteiger partial charge in [-0.15, -0.1) is 11.3 Å². The molecule has 9 heteroatoms. The average molecular weight is 412 g/mol. The minimum atomic E-state index is -4.44. The zero-order valence-corrected chi connectivity index (χ0v) is 16.4. The van der Waals surface area contributed by atoms with Crippen LogP contribution in [0, 0.1) is 0 Å². The van der Waals surface area contributed by atoms with E-state index in [0.717, 1.165) is 35.2 Å². The highest BCUT2D eigenvalue weighted by Gasteiger charge is 2.47. The Hall–Kier alpha value is -2.03. The van der Waals surface area contributed by atoms with E-state index in [4.69, 9.17) is 0 Å². The summed E-state index contributed by atoms with van der Waals surface area (Å²) >= 11 is 1.42. The first-order chi connectivity index (χ1) is 13.3. The maximum absolute atomic E-state index is 13.7. The van der Waals surface area contributed by atoms with Crippen molar-refractivity contribution in [3.63, 3.8) is 0 Å². The van der Waals surface area contributed by atoms with Gasteiger partial charge >= 0.3 is 6.18 Å². The number of rotatable bonds is 3. The van der Waals surface area contributed by atoms with Crippen molar-refractivity contribution in [1.82, 2.24) is 14.7 Å². The summed E-state index contributed by atoms with van der Waals surface area (Å²) in [6.07, 6.45) is 0.584. The lowest BCUT2D eigenvalue weighted by atomic mass is 9.94. The number of amides is 1. The first-order valence-corrected chi connectivity index (χ1v) is 10.5. The molecule has 1 aliphatic heterocycles. The Morgan fingerprint density at radius 3 is 2.71 bits per heavy atom. The Kier molecular flexibility index (Phi) is 5.11. The topological polar surface area (TPSA) is 50.2 Å². The number of anilines is 1. The predicted molar refractivity (Wildman–Crippen MR) is 102 cm³/mol. The molecular weight excluding hydrogens is 389 g/mol. The van der Waals surface area contributed by atoms with Crippen LogP contribution in [0.15, 0.2) is 23.6 Å². The van der Waals surface area contributed by atoms with Crippen LogP contribution in [0.1, 0.15) is 66.0 Å². The molecule has 2 aromatic heterocycles. The molecule has 0 saturated heterocycles. The molecule has 0 unspecified atom stereocenters. The highest BCUT2D eigenvalue weighted by Crippen LogP contribution is 2.44. The number of thiophene rings is 1. The molecule has 5 nitrogen and oxygen atoms in total. The smallest absolute Gasteiger partial charge is 0.363 e. The number of hydrogen-bond donors (Lipinski definition) is 1. The highest BCUT2D eigenvalue weighted by molar-refractivity contribution is 7.10. The molecule has 1 amide bonds. The van der Waals surface area contributed by atoms with Crippen LogP contribution < -0.4 is 5.32 Å². The molecule has 1 saturated carbocycles. The molecule has 1 aliphatic carbocycles.